The van der Waals surface area contributed by atoms with Crippen LogP contribution in [0.25, 0.3) is 0 Å². The van der Waals surface area contributed by atoms with Crippen LogP contribution in [0, 0.1) is 0 Å². The summed E-state index contributed by atoms with van der Waals surface area (Å²) in [5.74, 6) is 0.139. The molecular weight excluding hydrogens is 254 g/mol. The van der Waals surface area contributed by atoms with Gasteiger partial charge in [-0.3, -0.25) is 4.79 Å². The molecule has 0 bridgehead atoms. The molecule has 0 saturated heterocycles. The highest BCUT2D eigenvalue weighted by atomic mass is 16.4. The Hall–Kier alpha value is -2.04. The number of carbonyl (C=O) groups is 1. The Morgan fingerprint density at radius 3 is 2.35 bits per heavy atom. The minimum absolute atomic E-state index is 0.0621. The van der Waals surface area contributed by atoms with Gasteiger partial charge in [0, 0.05) is 18.2 Å². The second-order valence-electron chi connectivity index (χ2n) is 5.48. The number of hydrogen-bond acceptors (Lipinski definition) is 3. The Morgan fingerprint density at radius 1 is 1.35 bits per heavy atom. The molecule has 1 aromatic rings. The zero-order valence-corrected chi connectivity index (χ0v) is 12.6. The molecule has 1 amide bonds. The molecule has 0 saturated carbocycles. The second-order valence-corrected chi connectivity index (χ2v) is 5.48. The monoisotopic (exact) mass is 277 g/mol. The van der Waals surface area contributed by atoms with Crippen LogP contribution >= 0.6 is 0 Å². The topological polar surface area (TPSA) is 78.9 Å². The van der Waals surface area contributed by atoms with Crippen LogP contribution in [0.4, 0.5) is 0 Å². The van der Waals surface area contributed by atoms with Gasteiger partial charge < -0.3 is 15.8 Å². The standard InChI is InChI=1S/C15H23N3O2/c1-5-15(2,3)18(4)13(19)10-11-6-8-12(9-7-11)14(16)17-20/h6-9,20H,5,10H2,1-4H3,(H2,16,17). The normalized spacial score (nSPS) is 12.3. The van der Waals surface area contributed by atoms with Crippen LogP contribution in [0.15, 0.2) is 29.4 Å². The summed E-state index contributed by atoms with van der Waals surface area (Å²) in [6, 6.07) is 7.11. The lowest BCUT2D eigenvalue weighted by Gasteiger charge is -2.35. The molecule has 0 unspecified atom stereocenters. The van der Waals surface area contributed by atoms with Crippen molar-refractivity contribution in [2.24, 2.45) is 10.9 Å². The van der Waals surface area contributed by atoms with Gasteiger partial charge in [0.1, 0.15) is 0 Å². The maximum atomic E-state index is 12.2. The zero-order chi connectivity index (χ0) is 15.3. The first-order valence-electron chi connectivity index (χ1n) is 6.65. The first kappa shape index (κ1) is 16.0. The first-order valence-corrected chi connectivity index (χ1v) is 6.65. The molecule has 0 aliphatic heterocycles. The third-order valence-corrected chi connectivity index (χ3v) is 3.86. The lowest BCUT2D eigenvalue weighted by Crippen LogP contribution is -2.45. The van der Waals surface area contributed by atoms with Gasteiger partial charge in [-0.25, -0.2) is 0 Å². The SMILES string of the molecule is CCC(C)(C)N(C)C(=O)Cc1ccc(C(N)=NO)cc1. The lowest BCUT2D eigenvalue weighted by molar-refractivity contribution is -0.133. The zero-order valence-electron chi connectivity index (χ0n) is 12.6. The summed E-state index contributed by atoms with van der Waals surface area (Å²) >= 11 is 0. The van der Waals surface area contributed by atoms with Crippen LogP contribution in [0.3, 0.4) is 0 Å². The summed E-state index contributed by atoms with van der Waals surface area (Å²) < 4.78 is 0. The van der Waals surface area contributed by atoms with E-state index >= 15 is 0 Å². The molecule has 110 valence electrons. The molecule has 0 spiro atoms. The number of nitrogens with zero attached hydrogens (tertiary/aromatic N) is 2. The van der Waals surface area contributed by atoms with E-state index in [2.05, 4.69) is 12.1 Å². The summed E-state index contributed by atoms with van der Waals surface area (Å²) in [6.45, 7) is 6.16. The minimum Gasteiger partial charge on any atom is -0.409 e. The van der Waals surface area contributed by atoms with Crippen molar-refractivity contribution in [1.29, 1.82) is 0 Å². The Kier molecular flexibility index (Phi) is 5.13. The van der Waals surface area contributed by atoms with E-state index in [0.717, 1.165) is 12.0 Å². The minimum atomic E-state index is -0.148. The van der Waals surface area contributed by atoms with Crippen molar-refractivity contribution in [1.82, 2.24) is 4.90 Å². The van der Waals surface area contributed by atoms with E-state index in [9.17, 15) is 4.79 Å². The fourth-order valence-electron chi connectivity index (χ4n) is 1.72. The first-order chi connectivity index (χ1) is 9.31. The van der Waals surface area contributed by atoms with E-state index in [1.54, 1.807) is 17.0 Å². The molecule has 20 heavy (non-hydrogen) atoms. The number of nitrogens with two attached hydrogens (primary N) is 1. The number of hydrogen-bond donors (Lipinski definition) is 2. The van der Waals surface area contributed by atoms with Crippen molar-refractivity contribution in [3.63, 3.8) is 0 Å². The smallest absolute Gasteiger partial charge is 0.227 e. The second kappa shape index (κ2) is 6.41. The van der Waals surface area contributed by atoms with Crippen LogP contribution in [-0.4, -0.2) is 34.4 Å². The van der Waals surface area contributed by atoms with Crippen molar-refractivity contribution in [2.45, 2.75) is 39.2 Å². The van der Waals surface area contributed by atoms with Gasteiger partial charge in [0.05, 0.1) is 6.42 Å². The van der Waals surface area contributed by atoms with Crippen LogP contribution in [0.2, 0.25) is 0 Å². The van der Waals surface area contributed by atoms with Crippen LogP contribution < -0.4 is 5.73 Å². The van der Waals surface area contributed by atoms with E-state index in [0.29, 0.717) is 12.0 Å². The summed E-state index contributed by atoms with van der Waals surface area (Å²) in [7, 11) is 1.83. The van der Waals surface area contributed by atoms with Crippen molar-refractivity contribution in [3.8, 4) is 0 Å². The molecular formula is C15H23N3O2. The average molecular weight is 277 g/mol. The lowest BCUT2D eigenvalue weighted by atomic mass is 9.98. The van der Waals surface area contributed by atoms with Crippen molar-refractivity contribution < 1.29 is 10.0 Å². The molecule has 0 atom stereocenters. The van der Waals surface area contributed by atoms with Crippen LogP contribution in [0.1, 0.15) is 38.3 Å². The average Bonchev–Trinajstić information content (AvgIpc) is 2.46. The van der Waals surface area contributed by atoms with E-state index in [-0.39, 0.29) is 17.3 Å². The number of amides is 1. The number of benzene rings is 1. The van der Waals surface area contributed by atoms with Gasteiger partial charge in [0.2, 0.25) is 5.91 Å². The highest BCUT2D eigenvalue weighted by molar-refractivity contribution is 5.97. The molecule has 1 rings (SSSR count). The number of likely N-dealkylation sites (N-methyl/N-ethyl adjacent to an activating group) is 1. The van der Waals surface area contributed by atoms with Crippen molar-refractivity contribution >= 4 is 11.7 Å². The molecule has 1 aromatic carbocycles. The highest BCUT2D eigenvalue weighted by Gasteiger charge is 2.25. The summed E-state index contributed by atoms with van der Waals surface area (Å²) in [6.07, 6.45) is 1.24. The van der Waals surface area contributed by atoms with Gasteiger partial charge in [-0.2, -0.15) is 0 Å². The third kappa shape index (κ3) is 3.73. The van der Waals surface area contributed by atoms with Gasteiger partial charge >= 0.3 is 0 Å². The molecule has 0 aliphatic rings. The number of carbonyl (C=O) groups excluding carboxylic acids is 1. The van der Waals surface area contributed by atoms with Gasteiger partial charge in [0.15, 0.2) is 5.84 Å². The largest absolute Gasteiger partial charge is 0.409 e. The molecule has 5 heteroatoms. The number of rotatable bonds is 5. The van der Waals surface area contributed by atoms with Crippen molar-refractivity contribution in [3.05, 3.63) is 35.4 Å². The molecule has 0 fully saturated rings. The number of amidine groups is 1. The third-order valence-electron chi connectivity index (χ3n) is 3.86. The summed E-state index contributed by atoms with van der Waals surface area (Å²) in [4.78, 5) is 14.0. The Balaban J connectivity index is 2.77. The molecule has 0 aliphatic carbocycles. The Bertz CT molecular complexity index is 492. The van der Waals surface area contributed by atoms with Gasteiger partial charge in [-0.15, -0.1) is 0 Å². The molecule has 0 heterocycles. The fourth-order valence-corrected chi connectivity index (χ4v) is 1.72. The van der Waals surface area contributed by atoms with Gasteiger partial charge in [-0.1, -0.05) is 36.3 Å². The summed E-state index contributed by atoms with van der Waals surface area (Å²) in [5.41, 5.74) is 6.88. The predicted molar refractivity (Wildman–Crippen MR) is 79.8 cm³/mol. The maximum Gasteiger partial charge on any atom is 0.227 e. The van der Waals surface area contributed by atoms with Gasteiger partial charge in [0.25, 0.3) is 0 Å². The van der Waals surface area contributed by atoms with E-state index in [1.165, 1.54) is 0 Å². The maximum absolute atomic E-state index is 12.2. The Labute approximate surface area is 120 Å². The Morgan fingerprint density at radius 2 is 1.90 bits per heavy atom. The highest BCUT2D eigenvalue weighted by Crippen LogP contribution is 2.18. The van der Waals surface area contributed by atoms with E-state index < -0.39 is 0 Å². The van der Waals surface area contributed by atoms with Gasteiger partial charge in [-0.05, 0) is 25.8 Å². The van der Waals surface area contributed by atoms with Crippen LogP contribution in [0.5, 0.6) is 0 Å². The van der Waals surface area contributed by atoms with E-state index in [1.807, 2.05) is 33.0 Å². The van der Waals surface area contributed by atoms with Crippen LogP contribution in [-0.2, 0) is 11.2 Å². The predicted octanol–water partition coefficient (Wildman–Crippen LogP) is 1.97. The molecule has 0 radical (unpaired) electrons. The van der Waals surface area contributed by atoms with E-state index in [4.69, 9.17) is 10.9 Å². The quantitative estimate of drug-likeness (QED) is 0.374. The molecule has 3 N–H and O–H groups in total. The van der Waals surface area contributed by atoms with Crippen molar-refractivity contribution in [2.75, 3.05) is 7.05 Å². The fraction of sp³-hybridized carbons (Fsp3) is 0.467. The summed E-state index contributed by atoms with van der Waals surface area (Å²) in [5, 5.41) is 11.5. The molecule has 5 nitrogen and oxygen atoms in total. The number of oxime groups is 1. The molecule has 0 aromatic heterocycles.